The van der Waals surface area contributed by atoms with Gasteiger partial charge in [0.1, 0.15) is 6.04 Å². The van der Waals surface area contributed by atoms with E-state index in [-0.39, 0.29) is 12.1 Å². The quantitative estimate of drug-likeness (QED) is 0.717. The summed E-state index contributed by atoms with van der Waals surface area (Å²) < 4.78 is 0. The van der Waals surface area contributed by atoms with Crippen molar-refractivity contribution >= 4 is 12.0 Å². The van der Waals surface area contributed by atoms with Crippen molar-refractivity contribution in [1.29, 1.82) is 0 Å². The summed E-state index contributed by atoms with van der Waals surface area (Å²) in [6.45, 7) is 6.34. The number of carboxylic acid groups (broad SMARTS) is 1. The first-order valence-corrected chi connectivity index (χ1v) is 7.23. The Kier molecular flexibility index (Phi) is 6.12. The average Bonchev–Trinajstić information content (AvgIpc) is 2.33. The lowest BCUT2D eigenvalue weighted by Crippen LogP contribution is -2.50. The summed E-state index contributed by atoms with van der Waals surface area (Å²) in [5.41, 5.74) is 0. The van der Waals surface area contributed by atoms with E-state index in [9.17, 15) is 9.59 Å². The summed E-state index contributed by atoms with van der Waals surface area (Å²) in [6.07, 6.45) is 4.25. The molecule has 2 amide bonds. The number of urea groups is 1. The van der Waals surface area contributed by atoms with Gasteiger partial charge in [0, 0.05) is 6.04 Å². The molecule has 0 aromatic rings. The van der Waals surface area contributed by atoms with Gasteiger partial charge in [-0.3, -0.25) is 0 Å². The molecular formula is C14H26N2O3. The Balaban J connectivity index is 2.40. The summed E-state index contributed by atoms with van der Waals surface area (Å²) in [7, 11) is 0. The van der Waals surface area contributed by atoms with Gasteiger partial charge in [-0.2, -0.15) is 0 Å². The second-order valence-electron chi connectivity index (χ2n) is 5.76. The van der Waals surface area contributed by atoms with Gasteiger partial charge in [-0.25, -0.2) is 9.59 Å². The van der Waals surface area contributed by atoms with Crippen molar-refractivity contribution in [2.24, 2.45) is 11.8 Å². The Bertz CT molecular complexity index is 320. The molecule has 5 heteroatoms. The maximum absolute atomic E-state index is 11.8. The van der Waals surface area contributed by atoms with Gasteiger partial charge in [0.05, 0.1) is 0 Å². The summed E-state index contributed by atoms with van der Waals surface area (Å²) in [5.74, 6) is 0.334. The maximum Gasteiger partial charge on any atom is 0.326 e. The summed E-state index contributed by atoms with van der Waals surface area (Å²) in [5, 5.41) is 14.4. The van der Waals surface area contributed by atoms with Crippen molar-refractivity contribution in [3.8, 4) is 0 Å². The number of carboxylic acids is 1. The summed E-state index contributed by atoms with van der Waals surface area (Å²) in [6, 6.07) is -0.972. The fourth-order valence-corrected chi connectivity index (χ4v) is 2.61. The van der Waals surface area contributed by atoms with E-state index in [1.54, 1.807) is 0 Å². The Morgan fingerprint density at radius 2 is 1.95 bits per heavy atom. The molecule has 0 spiro atoms. The SMILES string of the molecule is CCC[C@@H](NC(=O)NC1CCC(C)C(C)C1)C(=O)O. The molecule has 110 valence electrons. The summed E-state index contributed by atoms with van der Waals surface area (Å²) in [4.78, 5) is 22.8. The molecule has 1 rings (SSSR count). The average molecular weight is 270 g/mol. The first kappa shape index (κ1) is 15.8. The molecule has 3 unspecified atom stereocenters. The third kappa shape index (κ3) is 5.09. The standard InChI is InChI=1S/C14H26N2O3/c1-4-5-12(13(17)18)16-14(19)15-11-7-6-9(2)10(3)8-11/h9-12H,4-8H2,1-3H3,(H,17,18)(H2,15,16,19)/t9?,10?,11?,12-/m1/s1. The van der Waals surface area contributed by atoms with Crippen LogP contribution in [0.5, 0.6) is 0 Å². The second-order valence-corrected chi connectivity index (χ2v) is 5.76. The Hall–Kier alpha value is -1.26. The van der Waals surface area contributed by atoms with E-state index in [1.165, 1.54) is 0 Å². The molecule has 1 fully saturated rings. The zero-order valence-electron chi connectivity index (χ0n) is 12.1. The number of aliphatic carboxylic acids is 1. The Morgan fingerprint density at radius 3 is 2.47 bits per heavy atom. The van der Waals surface area contributed by atoms with Gasteiger partial charge in [0.25, 0.3) is 0 Å². The maximum atomic E-state index is 11.8. The van der Waals surface area contributed by atoms with E-state index in [1.807, 2.05) is 6.92 Å². The van der Waals surface area contributed by atoms with Crippen LogP contribution in [0.1, 0.15) is 52.9 Å². The van der Waals surface area contributed by atoms with E-state index in [4.69, 9.17) is 5.11 Å². The van der Waals surface area contributed by atoms with Crippen molar-refractivity contribution in [3.05, 3.63) is 0 Å². The molecule has 1 saturated carbocycles. The zero-order chi connectivity index (χ0) is 14.4. The lowest BCUT2D eigenvalue weighted by Gasteiger charge is -2.32. The number of nitrogens with one attached hydrogen (secondary N) is 2. The van der Waals surface area contributed by atoms with Crippen LogP contribution < -0.4 is 10.6 Å². The molecule has 1 aliphatic rings. The van der Waals surface area contributed by atoms with Crippen molar-refractivity contribution < 1.29 is 14.7 Å². The Morgan fingerprint density at radius 1 is 1.26 bits per heavy atom. The third-order valence-electron chi connectivity index (χ3n) is 4.11. The number of amides is 2. The van der Waals surface area contributed by atoms with E-state index in [0.29, 0.717) is 18.3 Å². The molecule has 5 nitrogen and oxygen atoms in total. The highest BCUT2D eigenvalue weighted by molar-refractivity contribution is 5.82. The highest BCUT2D eigenvalue weighted by atomic mass is 16.4. The third-order valence-corrected chi connectivity index (χ3v) is 4.11. The Labute approximate surface area is 115 Å². The minimum absolute atomic E-state index is 0.169. The molecule has 0 aliphatic heterocycles. The number of hydrogen-bond acceptors (Lipinski definition) is 2. The smallest absolute Gasteiger partial charge is 0.326 e. The molecular weight excluding hydrogens is 244 g/mol. The number of carbonyl (C=O) groups is 2. The van der Waals surface area contributed by atoms with Crippen molar-refractivity contribution in [3.63, 3.8) is 0 Å². The molecule has 0 heterocycles. The molecule has 4 atom stereocenters. The predicted molar refractivity (Wildman–Crippen MR) is 74.0 cm³/mol. The van der Waals surface area contributed by atoms with E-state index >= 15 is 0 Å². The normalized spacial score (nSPS) is 28.5. The lowest BCUT2D eigenvalue weighted by atomic mass is 9.79. The van der Waals surface area contributed by atoms with Gasteiger partial charge in [-0.1, -0.05) is 27.2 Å². The highest BCUT2D eigenvalue weighted by Gasteiger charge is 2.26. The van der Waals surface area contributed by atoms with E-state index in [2.05, 4.69) is 24.5 Å². The van der Waals surface area contributed by atoms with Crippen LogP contribution in [0.2, 0.25) is 0 Å². The van der Waals surface area contributed by atoms with Crippen molar-refractivity contribution in [2.45, 2.75) is 65.0 Å². The first-order valence-electron chi connectivity index (χ1n) is 7.23. The van der Waals surface area contributed by atoms with Gasteiger partial charge in [-0.05, 0) is 37.5 Å². The minimum Gasteiger partial charge on any atom is -0.480 e. The summed E-state index contributed by atoms with van der Waals surface area (Å²) >= 11 is 0. The zero-order valence-corrected chi connectivity index (χ0v) is 12.1. The molecule has 19 heavy (non-hydrogen) atoms. The van der Waals surface area contributed by atoms with Crippen LogP contribution in [-0.2, 0) is 4.79 Å². The van der Waals surface area contributed by atoms with Crippen LogP contribution in [0, 0.1) is 11.8 Å². The van der Waals surface area contributed by atoms with Crippen LogP contribution in [0.4, 0.5) is 4.79 Å². The van der Waals surface area contributed by atoms with Crippen molar-refractivity contribution in [2.75, 3.05) is 0 Å². The second kappa shape index (κ2) is 7.36. The van der Waals surface area contributed by atoms with Crippen LogP contribution in [0.15, 0.2) is 0 Å². The van der Waals surface area contributed by atoms with Gasteiger partial charge in [-0.15, -0.1) is 0 Å². The fraction of sp³-hybridized carbons (Fsp3) is 0.857. The fourth-order valence-electron chi connectivity index (χ4n) is 2.61. The van der Waals surface area contributed by atoms with Crippen LogP contribution in [0.3, 0.4) is 0 Å². The number of carbonyl (C=O) groups excluding carboxylic acids is 1. The van der Waals surface area contributed by atoms with Gasteiger partial charge in [0.2, 0.25) is 0 Å². The monoisotopic (exact) mass is 270 g/mol. The van der Waals surface area contributed by atoms with Crippen LogP contribution >= 0.6 is 0 Å². The number of hydrogen-bond donors (Lipinski definition) is 3. The molecule has 0 bridgehead atoms. The molecule has 0 aromatic carbocycles. The molecule has 0 saturated heterocycles. The van der Waals surface area contributed by atoms with Gasteiger partial charge in [0.15, 0.2) is 0 Å². The number of rotatable bonds is 5. The molecule has 0 radical (unpaired) electrons. The predicted octanol–water partition coefficient (Wildman–Crippen LogP) is 2.36. The first-order chi connectivity index (χ1) is 8.93. The lowest BCUT2D eigenvalue weighted by molar-refractivity contribution is -0.139. The molecule has 1 aliphatic carbocycles. The largest absolute Gasteiger partial charge is 0.480 e. The van der Waals surface area contributed by atoms with Crippen LogP contribution in [-0.4, -0.2) is 29.2 Å². The topological polar surface area (TPSA) is 78.4 Å². The van der Waals surface area contributed by atoms with E-state index in [0.717, 1.165) is 25.7 Å². The van der Waals surface area contributed by atoms with Gasteiger partial charge < -0.3 is 15.7 Å². The van der Waals surface area contributed by atoms with Gasteiger partial charge >= 0.3 is 12.0 Å². The van der Waals surface area contributed by atoms with Crippen molar-refractivity contribution in [1.82, 2.24) is 10.6 Å². The minimum atomic E-state index is -0.970. The molecule has 3 N–H and O–H groups in total. The van der Waals surface area contributed by atoms with E-state index < -0.39 is 12.0 Å². The van der Waals surface area contributed by atoms with Crippen LogP contribution in [0.25, 0.3) is 0 Å². The molecule has 0 aromatic heterocycles. The highest BCUT2D eigenvalue weighted by Crippen LogP contribution is 2.29.